The molecule has 0 spiro atoms. The standard InChI is InChI=1S/C14H17NO5S/c1-20-12-5-3-10(14(16)17)7-13(12)21(18,19)15-8-9-2-4-11(15)6-9/h3,5,7,9,11H,2,4,6,8H2,1H3,(H,16,17). The highest BCUT2D eigenvalue weighted by Crippen LogP contribution is 2.41. The van der Waals surface area contributed by atoms with Crippen LogP contribution in [0.15, 0.2) is 23.1 Å². The molecule has 1 aliphatic carbocycles. The van der Waals surface area contributed by atoms with Crippen molar-refractivity contribution < 1.29 is 23.1 Å². The highest BCUT2D eigenvalue weighted by molar-refractivity contribution is 7.89. The van der Waals surface area contributed by atoms with Crippen molar-refractivity contribution in [2.45, 2.75) is 30.2 Å². The Labute approximate surface area is 123 Å². The fourth-order valence-electron chi connectivity index (χ4n) is 3.31. The van der Waals surface area contributed by atoms with Crippen LogP contribution in [-0.4, -0.2) is 43.5 Å². The number of ether oxygens (including phenoxy) is 1. The lowest BCUT2D eigenvalue weighted by molar-refractivity contribution is 0.0696. The number of carbonyl (C=O) groups is 1. The summed E-state index contributed by atoms with van der Waals surface area (Å²) < 4.78 is 32.3. The molecule has 3 rings (SSSR count). The van der Waals surface area contributed by atoms with Crippen molar-refractivity contribution in [2.75, 3.05) is 13.7 Å². The monoisotopic (exact) mass is 311 g/mol. The first-order chi connectivity index (χ1) is 9.93. The van der Waals surface area contributed by atoms with Crippen LogP contribution in [0.1, 0.15) is 29.6 Å². The van der Waals surface area contributed by atoms with Gasteiger partial charge in [-0.2, -0.15) is 4.31 Å². The van der Waals surface area contributed by atoms with Crippen LogP contribution in [0.3, 0.4) is 0 Å². The van der Waals surface area contributed by atoms with Gasteiger partial charge in [0, 0.05) is 12.6 Å². The molecule has 1 saturated heterocycles. The predicted molar refractivity (Wildman–Crippen MR) is 75.0 cm³/mol. The number of hydrogen-bond donors (Lipinski definition) is 1. The number of carboxylic acid groups (broad SMARTS) is 1. The van der Waals surface area contributed by atoms with E-state index in [2.05, 4.69) is 0 Å². The van der Waals surface area contributed by atoms with E-state index in [0.717, 1.165) is 19.3 Å². The Bertz CT molecular complexity index is 685. The van der Waals surface area contributed by atoms with E-state index in [-0.39, 0.29) is 22.3 Å². The van der Waals surface area contributed by atoms with Crippen LogP contribution in [0.5, 0.6) is 5.75 Å². The summed E-state index contributed by atoms with van der Waals surface area (Å²) in [5, 5.41) is 9.06. The molecule has 7 heteroatoms. The minimum atomic E-state index is -3.72. The molecular weight excluding hydrogens is 294 g/mol. The summed E-state index contributed by atoms with van der Waals surface area (Å²) in [5.41, 5.74) is -0.0567. The Morgan fingerprint density at radius 1 is 1.38 bits per heavy atom. The number of piperidine rings is 1. The average Bonchev–Trinajstić information content (AvgIpc) is 3.09. The average molecular weight is 311 g/mol. The number of benzene rings is 1. The van der Waals surface area contributed by atoms with Crippen LogP contribution in [0.4, 0.5) is 0 Å². The van der Waals surface area contributed by atoms with E-state index < -0.39 is 16.0 Å². The molecule has 2 fully saturated rings. The number of methoxy groups -OCH3 is 1. The maximum atomic E-state index is 12.8. The molecule has 2 unspecified atom stereocenters. The minimum absolute atomic E-state index is 0.0400. The molecule has 2 aliphatic rings. The van der Waals surface area contributed by atoms with Crippen LogP contribution in [0.2, 0.25) is 0 Å². The maximum absolute atomic E-state index is 12.8. The van der Waals surface area contributed by atoms with E-state index in [1.807, 2.05) is 0 Å². The maximum Gasteiger partial charge on any atom is 0.335 e. The Kier molecular flexibility index (Phi) is 3.41. The zero-order valence-electron chi connectivity index (χ0n) is 11.7. The van der Waals surface area contributed by atoms with Gasteiger partial charge in [0.15, 0.2) is 0 Å². The predicted octanol–water partition coefficient (Wildman–Crippen LogP) is 1.57. The van der Waals surface area contributed by atoms with E-state index in [4.69, 9.17) is 9.84 Å². The number of aromatic carboxylic acids is 1. The topological polar surface area (TPSA) is 83.9 Å². The number of nitrogens with zero attached hydrogens (tertiary/aromatic N) is 1. The molecule has 2 bridgehead atoms. The first-order valence-electron chi connectivity index (χ1n) is 6.86. The van der Waals surface area contributed by atoms with Gasteiger partial charge in [-0.15, -0.1) is 0 Å². The molecule has 2 atom stereocenters. The zero-order valence-corrected chi connectivity index (χ0v) is 12.5. The number of carboxylic acids is 1. The quantitative estimate of drug-likeness (QED) is 0.912. The molecule has 0 aromatic heterocycles. The Morgan fingerprint density at radius 3 is 2.67 bits per heavy atom. The summed E-state index contributed by atoms with van der Waals surface area (Å²) in [4.78, 5) is 11.0. The van der Waals surface area contributed by atoms with Gasteiger partial charge in [-0.05, 0) is 43.4 Å². The summed E-state index contributed by atoms with van der Waals surface area (Å²) in [6.45, 7) is 0.521. The van der Waals surface area contributed by atoms with Gasteiger partial charge in [0.2, 0.25) is 10.0 Å². The molecule has 114 valence electrons. The van der Waals surface area contributed by atoms with Gasteiger partial charge in [0.05, 0.1) is 12.7 Å². The van der Waals surface area contributed by atoms with Gasteiger partial charge in [0.1, 0.15) is 10.6 Å². The summed E-state index contributed by atoms with van der Waals surface area (Å²) >= 11 is 0. The molecule has 1 aliphatic heterocycles. The second-order valence-corrected chi connectivity index (χ2v) is 7.44. The normalized spacial score (nSPS) is 25.2. The summed E-state index contributed by atoms with van der Waals surface area (Å²) in [7, 11) is -2.34. The molecule has 21 heavy (non-hydrogen) atoms. The number of fused-ring (bicyclic) bond motifs is 2. The first kappa shape index (κ1) is 14.3. The van der Waals surface area contributed by atoms with Crippen molar-refractivity contribution in [3.8, 4) is 5.75 Å². The van der Waals surface area contributed by atoms with Crippen LogP contribution in [0.25, 0.3) is 0 Å². The summed E-state index contributed by atoms with van der Waals surface area (Å²) in [5.74, 6) is -0.543. The van der Waals surface area contributed by atoms with Crippen LogP contribution in [0, 0.1) is 5.92 Å². The second-order valence-electron chi connectivity index (χ2n) is 5.58. The Morgan fingerprint density at radius 2 is 2.14 bits per heavy atom. The van der Waals surface area contributed by atoms with Crippen molar-refractivity contribution in [1.29, 1.82) is 0 Å². The molecule has 6 nitrogen and oxygen atoms in total. The molecule has 1 heterocycles. The Hall–Kier alpha value is -1.60. The third-order valence-electron chi connectivity index (χ3n) is 4.36. The third kappa shape index (κ3) is 2.30. The van der Waals surface area contributed by atoms with Crippen molar-refractivity contribution in [3.63, 3.8) is 0 Å². The largest absolute Gasteiger partial charge is 0.495 e. The fraction of sp³-hybridized carbons (Fsp3) is 0.500. The SMILES string of the molecule is COc1ccc(C(=O)O)cc1S(=O)(=O)N1CC2CCC1C2. The summed E-state index contributed by atoms with van der Waals surface area (Å²) in [6.07, 6.45) is 2.86. The molecule has 0 radical (unpaired) electrons. The molecule has 1 aromatic carbocycles. The van der Waals surface area contributed by atoms with Crippen LogP contribution < -0.4 is 4.74 Å². The van der Waals surface area contributed by atoms with Crippen molar-refractivity contribution >= 4 is 16.0 Å². The molecule has 1 saturated carbocycles. The zero-order chi connectivity index (χ0) is 15.2. The molecule has 0 amide bonds. The number of hydrogen-bond acceptors (Lipinski definition) is 4. The highest BCUT2D eigenvalue weighted by Gasteiger charge is 2.45. The van der Waals surface area contributed by atoms with Gasteiger partial charge in [-0.25, -0.2) is 13.2 Å². The van der Waals surface area contributed by atoms with Gasteiger partial charge in [-0.3, -0.25) is 0 Å². The van der Waals surface area contributed by atoms with E-state index in [9.17, 15) is 13.2 Å². The van der Waals surface area contributed by atoms with E-state index in [1.165, 1.54) is 29.6 Å². The lowest BCUT2D eigenvalue weighted by Gasteiger charge is -2.26. The summed E-state index contributed by atoms with van der Waals surface area (Å²) in [6, 6.07) is 3.96. The van der Waals surface area contributed by atoms with E-state index in [0.29, 0.717) is 12.5 Å². The minimum Gasteiger partial charge on any atom is -0.495 e. The van der Waals surface area contributed by atoms with Gasteiger partial charge in [-0.1, -0.05) is 0 Å². The highest BCUT2D eigenvalue weighted by atomic mass is 32.2. The number of sulfonamides is 1. The molecular formula is C14H17NO5S. The lowest BCUT2D eigenvalue weighted by Crippen LogP contribution is -2.37. The first-order valence-corrected chi connectivity index (χ1v) is 8.30. The van der Waals surface area contributed by atoms with Crippen molar-refractivity contribution in [2.24, 2.45) is 5.92 Å². The third-order valence-corrected chi connectivity index (χ3v) is 6.30. The van der Waals surface area contributed by atoms with Gasteiger partial charge < -0.3 is 9.84 Å². The number of rotatable bonds is 4. The second kappa shape index (κ2) is 4.99. The van der Waals surface area contributed by atoms with Crippen molar-refractivity contribution in [3.05, 3.63) is 23.8 Å². The fourth-order valence-corrected chi connectivity index (χ4v) is 5.24. The van der Waals surface area contributed by atoms with Gasteiger partial charge >= 0.3 is 5.97 Å². The van der Waals surface area contributed by atoms with Crippen LogP contribution in [-0.2, 0) is 10.0 Å². The van der Waals surface area contributed by atoms with E-state index >= 15 is 0 Å². The smallest absolute Gasteiger partial charge is 0.335 e. The van der Waals surface area contributed by atoms with E-state index in [1.54, 1.807) is 0 Å². The van der Waals surface area contributed by atoms with Crippen molar-refractivity contribution in [1.82, 2.24) is 4.31 Å². The lowest BCUT2D eigenvalue weighted by atomic mass is 10.1. The Balaban J connectivity index is 2.05. The van der Waals surface area contributed by atoms with Gasteiger partial charge in [0.25, 0.3) is 0 Å². The van der Waals surface area contributed by atoms with Crippen LogP contribution >= 0.6 is 0 Å². The molecule has 1 N–H and O–H groups in total. The molecule has 1 aromatic rings.